The molecule has 4 heterocycles. The Morgan fingerprint density at radius 1 is 0.842 bits per heavy atom. The molecule has 2 saturated heterocycles. The minimum absolute atomic E-state index is 0.345. The summed E-state index contributed by atoms with van der Waals surface area (Å²) in [7, 11) is 0. The van der Waals surface area contributed by atoms with Crippen molar-refractivity contribution in [2.45, 2.75) is 51.6 Å². The van der Waals surface area contributed by atoms with E-state index in [-0.39, 0.29) is 0 Å². The molecule has 2 aliphatic heterocycles. The Kier molecular flexibility index (Phi) is 7.58. The Morgan fingerprint density at radius 2 is 1.45 bits per heavy atom. The molecule has 5 rings (SSSR count). The number of piperidine rings is 2. The van der Waals surface area contributed by atoms with Gasteiger partial charge >= 0.3 is 6.18 Å². The summed E-state index contributed by atoms with van der Waals surface area (Å²) in [5.74, 6) is 2.03. The molecule has 38 heavy (non-hydrogen) atoms. The summed E-state index contributed by atoms with van der Waals surface area (Å²) >= 11 is 0. The van der Waals surface area contributed by atoms with Crippen molar-refractivity contribution in [3.8, 4) is 11.1 Å². The maximum absolute atomic E-state index is 13.2. The molecule has 1 N–H and O–H groups in total. The van der Waals surface area contributed by atoms with E-state index >= 15 is 0 Å². The first-order valence-corrected chi connectivity index (χ1v) is 13.4. The first-order valence-electron chi connectivity index (χ1n) is 13.4. The van der Waals surface area contributed by atoms with E-state index in [1.54, 1.807) is 0 Å². The molecule has 200 valence electrons. The lowest BCUT2D eigenvalue weighted by Gasteiger charge is -2.32. The average Bonchev–Trinajstić information content (AvgIpc) is 2.94. The second-order valence-electron chi connectivity index (χ2n) is 10.2. The third-order valence-electron chi connectivity index (χ3n) is 7.40. The fourth-order valence-electron chi connectivity index (χ4n) is 5.26. The van der Waals surface area contributed by atoms with Gasteiger partial charge in [0.25, 0.3) is 0 Å². The number of halogens is 3. The van der Waals surface area contributed by atoms with Crippen molar-refractivity contribution < 1.29 is 13.2 Å². The van der Waals surface area contributed by atoms with E-state index < -0.39 is 11.9 Å². The van der Waals surface area contributed by atoms with Gasteiger partial charge in [0, 0.05) is 49.3 Å². The van der Waals surface area contributed by atoms with E-state index in [1.165, 1.54) is 44.6 Å². The van der Waals surface area contributed by atoms with E-state index in [0.29, 0.717) is 11.3 Å². The molecule has 0 spiro atoms. The van der Waals surface area contributed by atoms with Gasteiger partial charge in [0.05, 0.1) is 0 Å². The minimum atomic E-state index is -4.51. The molecule has 0 bridgehead atoms. The molecule has 2 aliphatic rings. The van der Waals surface area contributed by atoms with Crippen LogP contribution in [0.3, 0.4) is 0 Å². The molecule has 0 atom stereocenters. The number of aromatic nitrogens is 2. The first kappa shape index (κ1) is 26.1. The van der Waals surface area contributed by atoms with Gasteiger partial charge in [0.15, 0.2) is 0 Å². The topological polar surface area (TPSA) is 44.3 Å². The Morgan fingerprint density at radius 3 is 2.03 bits per heavy atom. The summed E-state index contributed by atoms with van der Waals surface area (Å²) in [6.07, 6.45) is 3.88. The number of alkyl halides is 3. The van der Waals surface area contributed by atoms with Crippen molar-refractivity contribution in [3.05, 3.63) is 72.1 Å². The third-order valence-corrected chi connectivity index (χ3v) is 7.40. The van der Waals surface area contributed by atoms with Crippen LogP contribution in [-0.4, -0.2) is 36.1 Å². The molecular weight excluding hydrogens is 487 g/mol. The van der Waals surface area contributed by atoms with Crippen LogP contribution in [0.5, 0.6) is 0 Å². The smallest absolute Gasteiger partial charge is 0.357 e. The predicted octanol–water partition coefficient (Wildman–Crippen LogP) is 7.53. The number of nitrogens with one attached hydrogen (secondary N) is 1. The fraction of sp³-hybridized carbons (Fsp3) is 0.400. The Bertz CT molecular complexity index is 1260. The van der Waals surface area contributed by atoms with Crippen molar-refractivity contribution in [3.63, 3.8) is 0 Å². The van der Waals surface area contributed by atoms with Crippen molar-refractivity contribution in [1.29, 1.82) is 0 Å². The lowest BCUT2D eigenvalue weighted by atomic mass is 9.99. The predicted molar refractivity (Wildman–Crippen MR) is 148 cm³/mol. The van der Waals surface area contributed by atoms with Gasteiger partial charge in [-0.1, -0.05) is 12.6 Å². The Hall–Kier alpha value is -3.55. The zero-order valence-electron chi connectivity index (χ0n) is 21.8. The van der Waals surface area contributed by atoms with E-state index in [4.69, 9.17) is 4.98 Å². The molecule has 3 aromatic rings. The normalized spacial score (nSPS) is 16.4. The summed E-state index contributed by atoms with van der Waals surface area (Å²) in [6, 6.07) is 12.9. The monoisotopic (exact) mass is 521 g/mol. The van der Waals surface area contributed by atoms with E-state index in [9.17, 15) is 13.2 Å². The lowest BCUT2D eigenvalue weighted by molar-refractivity contribution is -0.141. The number of hydrogen-bond acceptors (Lipinski definition) is 5. The van der Waals surface area contributed by atoms with Crippen LogP contribution in [0.1, 0.15) is 55.3 Å². The van der Waals surface area contributed by atoms with Crippen LogP contribution >= 0.6 is 0 Å². The van der Waals surface area contributed by atoms with Crippen LogP contribution in [0.15, 0.2) is 55.2 Å². The highest BCUT2D eigenvalue weighted by Gasteiger charge is 2.32. The highest BCUT2D eigenvalue weighted by Crippen LogP contribution is 2.35. The fourth-order valence-corrected chi connectivity index (χ4v) is 5.26. The summed E-state index contributed by atoms with van der Waals surface area (Å²) in [6.45, 7) is 10.1. The molecule has 0 aliphatic carbocycles. The van der Waals surface area contributed by atoms with Crippen LogP contribution in [0, 0.1) is 6.92 Å². The van der Waals surface area contributed by atoms with Crippen LogP contribution < -0.4 is 15.1 Å². The SMILES string of the molecule is C=C(Nc1ccc(C)c(-c2cc(N3CCCCC3)nc(N3CCCCC3)c2)c1)c1ccnc(C(F)(F)F)c1. The molecule has 5 nitrogen and oxygen atoms in total. The zero-order valence-corrected chi connectivity index (χ0v) is 21.8. The minimum Gasteiger partial charge on any atom is -0.357 e. The second-order valence-corrected chi connectivity index (χ2v) is 10.2. The van der Waals surface area contributed by atoms with Gasteiger partial charge in [-0.05, 0) is 98.5 Å². The Labute approximate surface area is 222 Å². The van der Waals surface area contributed by atoms with Crippen molar-refractivity contribution in [2.24, 2.45) is 0 Å². The number of aryl methyl sites for hydroxylation is 1. The van der Waals surface area contributed by atoms with Gasteiger partial charge in [0.1, 0.15) is 17.3 Å². The summed E-state index contributed by atoms with van der Waals surface area (Å²) < 4.78 is 39.5. The number of anilines is 3. The molecule has 0 unspecified atom stereocenters. The number of benzene rings is 1. The summed E-state index contributed by atoms with van der Waals surface area (Å²) in [5.41, 5.74) is 3.82. The van der Waals surface area contributed by atoms with Gasteiger partial charge in [-0.25, -0.2) is 4.98 Å². The van der Waals surface area contributed by atoms with Gasteiger partial charge in [0.2, 0.25) is 0 Å². The highest BCUT2D eigenvalue weighted by atomic mass is 19.4. The molecule has 1 aromatic carbocycles. The van der Waals surface area contributed by atoms with Crippen molar-refractivity contribution in [1.82, 2.24) is 9.97 Å². The van der Waals surface area contributed by atoms with Crippen LogP contribution in [0.2, 0.25) is 0 Å². The average molecular weight is 522 g/mol. The van der Waals surface area contributed by atoms with Crippen LogP contribution in [0.4, 0.5) is 30.5 Å². The molecule has 2 fully saturated rings. The quantitative estimate of drug-likeness (QED) is 0.363. The number of nitrogens with zero attached hydrogens (tertiary/aromatic N) is 4. The largest absolute Gasteiger partial charge is 0.433 e. The maximum Gasteiger partial charge on any atom is 0.433 e. The maximum atomic E-state index is 13.2. The Balaban J connectivity index is 1.47. The van der Waals surface area contributed by atoms with E-state index in [1.807, 2.05) is 18.2 Å². The molecule has 8 heteroatoms. The van der Waals surface area contributed by atoms with Crippen LogP contribution in [-0.2, 0) is 6.18 Å². The summed E-state index contributed by atoms with van der Waals surface area (Å²) in [4.78, 5) is 13.3. The molecule has 0 radical (unpaired) electrons. The van der Waals surface area contributed by atoms with Gasteiger partial charge in [-0.2, -0.15) is 13.2 Å². The first-order chi connectivity index (χ1) is 18.3. The molecule has 0 saturated carbocycles. The third kappa shape index (κ3) is 5.95. The summed E-state index contributed by atoms with van der Waals surface area (Å²) in [5, 5.41) is 3.20. The number of rotatable bonds is 6. The van der Waals surface area contributed by atoms with E-state index in [0.717, 1.165) is 72.5 Å². The molecular formula is C30H34F3N5. The van der Waals surface area contributed by atoms with E-state index in [2.05, 4.69) is 45.7 Å². The van der Waals surface area contributed by atoms with Gasteiger partial charge in [-0.15, -0.1) is 0 Å². The molecule has 2 aromatic heterocycles. The van der Waals surface area contributed by atoms with Gasteiger partial charge < -0.3 is 15.1 Å². The number of hydrogen-bond donors (Lipinski definition) is 1. The highest BCUT2D eigenvalue weighted by molar-refractivity contribution is 5.81. The molecule has 0 amide bonds. The lowest BCUT2D eigenvalue weighted by Crippen LogP contribution is -2.33. The van der Waals surface area contributed by atoms with Crippen molar-refractivity contribution >= 4 is 23.0 Å². The second kappa shape index (κ2) is 11.1. The number of pyridine rings is 2. The zero-order chi connectivity index (χ0) is 26.7. The van der Waals surface area contributed by atoms with Crippen molar-refractivity contribution in [2.75, 3.05) is 41.3 Å². The van der Waals surface area contributed by atoms with Crippen LogP contribution in [0.25, 0.3) is 16.8 Å². The standard InChI is InChI=1S/C30H34F3N5/c1-21-9-10-25(35-22(2)23-11-12-34-27(17-23)30(31,32)33)20-26(21)24-18-28(37-13-5-3-6-14-37)36-29(19-24)38-15-7-4-8-16-38/h9-12,17-20,35H,2-8,13-16H2,1H3. The van der Waals surface area contributed by atoms with Gasteiger partial charge in [-0.3, -0.25) is 4.98 Å².